The molecule has 0 saturated heterocycles. The Labute approximate surface area is 238 Å². The summed E-state index contributed by atoms with van der Waals surface area (Å²) in [4.78, 5) is 28.1. The highest BCUT2D eigenvalue weighted by Crippen LogP contribution is 2.33. The summed E-state index contributed by atoms with van der Waals surface area (Å²) in [6, 6.07) is 17.9. The van der Waals surface area contributed by atoms with Crippen LogP contribution in [-0.2, 0) is 26.2 Å². The maximum absolute atomic E-state index is 13.9. The average Bonchev–Trinajstić information content (AvgIpc) is 2.87. The van der Waals surface area contributed by atoms with Gasteiger partial charge in [0, 0.05) is 22.6 Å². The second-order valence-corrected chi connectivity index (χ2v) is 12.1. The molecular weight excluding hydrogens is 569 g/mol. The van der Waals surface area contributed by atoms with Crippen molar-refractivity contribution >= 4 is 62.3 Å². The maximum Gasteiger partial charge on any atom is 0.264 e. The predicted molar refractivity (Wildman–Crippen MR) is 152 cm³/mol. The zero-order chi connectivity index (χ0) is 28.0. The quantitative estimate of drug-likeness (QED) is 0.321. The summed E-state index contributed by atoms with van der Waals surface area (Å²) in [5, 5.41) is 3.60. The SMILES string of the molecule is CC(C)NC(=O)[C@@H](C)N(Cc1cccc(Cl)c1)C(=O)CN(c1cc(Cl)ccc1Cl)S(=O)(=O)c1ccccc1. The monoisotopic (exact) mass is 595 g/mol. The van der Waals surface area contributed by atoms with Crippen molar-refractivity contribution < 1.29 is 18.0 Å². The Morgan fingerprint density at radius 3 is 2.16 bits per heavy atom. The minimum absolute atomic E-state index is 0.0224. The molecule has 1 atom stereocenters. The number of hydrogen-bond donors (Lipinski definition) is 1. The molecule has 1 N–H and O–H groups in total. The standard InChI is InChI=1S/C27H28Cl3N3O4S/c1-18(2)31-27(35)19(3)32(16-20-8-7-9-21(28)14-20)26(34)17-33(25-15-22(29)12-13-24(25)30)38(36,37)23-10-5-4-6-11-23/h4-15,18-19H,16-17H2,1-3H3,(H,31,35)/t19-/m1/s1. The van der Waals surface area contributed by atoms with Crippen molar-refractivity contribution in [2.45, 2.75) is 44.3 Å². The van der Waals surface area contributed by atoms with E-state index in [1.807, 2.05) is 13.8 Å². The van der Waals surface area contributed by atoms with Crippen molar-refractivity contribution in [3.05, 3.63) is 93.4 Å². The number of nitrogens with zero attached hydrogens (tertiary/aromatic N) is 2. The van der Waals surface area contributed by atoms with Crippen LogP contribution in [0.2, 0.25) is 15.1 Å². The zero-order valence-corrected chi connectivity index (χ0v) is 24.2. The summed E-state index contributed by atoms with van der Waals surface area (Å²) >= 11 is 18.7. The van der Waals surface area contributed by atoms with E-state index in [9.17, 15) is 18.0 Å². The Balaban J connectivity index is 2.07. The van der Waals surface area contributed by atoms with Gasteiger partial charge in [-0.05, 0) is 68.8 Å². The second-order valence-electron chi connectivity index (χ2n) is 8.91. The largest absolute Gasteiger partial charge is 0.352 e. The molecular formula is C27H28Cl3N3O4S. The number of carbonyl (C=O) groups is 2. The topological polar surface area (TPSA) is 86.8 Å². The molecule has 3 rings (SSSR count). The van der Waals surface area contributed by atoms with Crippen LogP contribution in [0, 0.1) is 0 Å². The minimum Gasteiger partial charge on any atom is -0.352 e. The van der Waals surface area contributed by atoms with Crippen LogP contribution < -0.4 is 9.62 Å². The number of sulfonamides is 1. The fourth-order valence-corrected chi connectivity index (χ4v) is 5.82. The minimum atomic E-state index is -4.25. The van der Waals surface area contributed by atoms with E-state index in [1.54, 1.807) is 49.4 Å². The molecule has 0 aromatic heterocycles. The number of rotatable bonds is 10. The Hall–Kier alpha value is -2.78. The third kappa shape index (κ3) is 7.41. The Morgan fingerprint density at radius 1 is 0.868 bits per heavy atom. The van der Waals surface area contributed by atoms with Gasteiger partial charge in [-0.1, -0.05) is 65.1 Å². The van der Waals surface area contributed by atoms with Crippen LogP contribution in [0.4, 0.5) is 5.69 Å². The third-order valence-corrected chi connectivity index (χ3v) is 8.19. The van der Waals surface area contributed by atoms with Crippen molar-refractivity contribution in [1.82, 2.24) is 10.2 Å². The Morgan fingerprint density at radius 2 is 1.53 bits per heavy atom. The van der Waals surface area contributed by atoms with Crippen molar-refractivity contribution in [3.63, 3.8) is 0 Å². The van der Waals surface area contributed by atoms with Crippen molar-refractivity contribution in [3.8, 4) is 0 Å². The fourth-order valence-electron chi connectivity index (χ4n) is 3.73. The predicted octanol–water partition coefficient (Wildman–Crippen LogP) is 5.78. The molecule has 3 aromatic rings. The number of amides is 2. The van der Waals surface area contributed by atoms with Gasteiger partial charge in [0.15, 0.2) is 0 Å². The van der Waals surface area contributed by atoms with Crippen LogP contribution in [0.5, 0.6) is 0 Å². The van der Waals surface area contributed by atoms with Crippen LogP contribution in [0.25, 0.3) is 0 Å². The van der Waals surface area contributed by atoms with Crippen molar-refractivity contribution in [2.75, 3.05) is 10.8 Å². The van der Waals surface area contributed by atoms with E-state index in [1.165, 1.54) is 35.2 Å². The summed E-state index contributed by atoms with van der Waals surface area (Å²) in [7, 11) is -4.25. The molecule has 7 nitrogen and oxygen atoms in total. The van der Waals surface area contributed by atoms with Gasteiger partial charge in [0.1, 0.15) is 12.6 Å². The summed E-state index contributed by atoms with van der Waals surface area (Å²) in [5.41, 5.74) is 0.715. The zero-order valence-electron chi connectivity index (χ0n) is 21.1. The van der Waals surface area contributed by atoms with Gasteiger partial charge in [-0.25, -0.2) is 8.42 Å². The number of nitrogens with one attached hydrogen (secondary N) is 1. The molecule has 0 aliphatic rings. The molecule has 0 spiro atoms. The number of carbonyl (C=O) groups excluding carboxylic acids is 2. The molecule has 0 heterocycles. The Bertz CT molecular complexity index is 1400. The molecule has 0 aliphatic heterocycles. The van der Waals surface area contributed by atoms with Gasteiger partial charge < -0.3 is 10.2 Å². The summed E-state index contributed by atoms with van der Waals surface area (Å²) < 4.78 is 28.4. The molecule has 0 unspecified atom stereocenters. The summed E-state index contributed by atoms with van der Waals surface area (Å²) in [6.45, 7) is 4.60. The van der Waals surface area contributed by atoms with Crippen LogP contribution in [-0.4, -0.2) is 43.8 Å². The highest BCUT2D eigenvalue weighted by Gasteiger charge is 2.33. The fraction of sp³-hybridized carbons (Fsp3) is 0.259. The third-order valence-electron chi connectivity index (χ3n) is 5.63. The highest BCUT2D eigenvalue weighted by molar-refractivity contribution is 7.92. The first-order valence-electron chi connectivity index (χ1n) is 11.8. The van der Waals surface area contributed by atoms with Crippen LogP contribution in [0.3, 0.4) is 0 Å². The normalized spacial score (nSPS) is 12.2. The van der Waals surface area contributed by atoms with E-state index in [4.69, 9.17) is 34.8 Å². The maximum atomic E-state index is 13.9. The van der Waals surface area contributed by atoms with E-state index >= 15 is 0 Å². The molecule has 3 aromatic carbocycles. The van der Waals surface area contributed by atoms with E-state index < -0.39 is 28.5 Å². The van der Waals surface area contributed by atoms with Gasteiger partial charge in [0.25, 0.3) is 10.0 Å². The first-order valence-corrected chi connectivity index (χ1v) is 14.3. The lowest BCUT2D eigenvalue weighted by Crippen LogP contribution is -2.52. The average molecular weight is 597 g/mol. The molecule has 11 heteroatoms. The van der Waals surface area contributed by atoms with Crippen molar-refractivity contribution in [1.29, 1.82) is 0 Å². The molecule has 0 radical (unpaired) electrons. The van der Waals surface area contributed by atoms with Gasteiger partial charge in [-0.15, -0.1) is 0 Å². The van der Waals surface area contributed by atoms with Gasteiger partial charge >= 0.3 is 0 Å². The van der Waals surface area contributed by atoms with Crippen LogP contribution >= 0.6 is 34.8 Å². The van der Waals surface area contributed by atoms with Crippen LogP contribution in [0.15, 0.2) is 77.7 Å². The molecule has 2 amide bonds. The first kappa shape index (κ1) is 29.8. The smallest absolute Gasteiger partial charge is 0.264 e. The summed E-state index contributed by atoms with van der Waals surface area (Å²) in [5.74, 6) is -0.999. The molecule has 0 saturated carbocycles. The highest BCUT2D eigenvalue weighted by atomic mass is 35.5. The van der Waals surface area contributed by atoms with Gasteiger partial charge in [0.05, 0.1) is 15.6 Å². The van der Waals surface area contributed by atoms with E-state index in [2.05, 4.69) is 5.32 Å². The second kappa shape index (κ2) is 12.8. The van der Waals surface area contributed by atoms with Gasteiger partial charge in [-0.2, -0.15) is 0 Å². The number of hydrogen-bond acceptors (Lipinski definition) is 4. The molecule has 0 aliphatic carbocycles. The molecule has 0 bridgehead atoms. The van der Waals surface area contributed by atoms with E-state index in [0.29, 0.717) is 10.6 Å². The van der Waals surface area contributed by atoms with Gasteiger partial charge in [0.2, 0.25) is 11.8 Å². The van der Waals surface area contributed by atoms with Gasteiger partial charge in [-0.3, -0.25) is 13.9 Å². The lowest BCUT2D eigenvalue weighted by atomic mass is 10.1. The Kier molecular flexibility index (Phi) is 10.1. The molecule has 38 heavy (non-hydrogen) atoms. The lowest BCUT2D eigenvalue weighted by Gasteiger charge is -2.32. The number of benzene rings is 3. The van der Waals surface area contributed by atoms with E-state index in [0.717, 1.165) is 4.31 Å². The molecule has 202 valence electrons. The number of anilines is 1. The van der Waals surface area contributed by atoms with Crippen LogP contribution in [0.1, 0.15) is 26.3 Å². The van der Waals surface area contributed by atoms with Crippen molar-refractivity contribution in [2.24, 2.45) is 0 Å². The van der Waals surface area contributed by atoms with E-state index in [-0.39, 0.29) is 39.1 Å². The molecule has 0 fully saturated rings. The first-order chi connectivity index (χ1) is 17.9. The summed E-state index contributed by atoms with van der Waals surface area (Å²) in [6.07, 6.45) is 0. The lowest BCUT2D eigenvalue weighted by molar-refractivity contribution is -0.139. The number of halogens is 3.